The number of alkyl carbamates (subject to hydrolysis) is 1. The van der Waals surface area contributed by atoms with Crippen LogP contribution in [0, 0.1) is 5.92 Å². The van der Waals surface area contributed by atoms with Crippen molar-refractivity contribution in [2.75, 3.05) is 13.2 Å². The smallest absolute Gasteiger partial charge is 0.408 e. The molecule has 0 saturated carbocycles. The lowest BCUT2D eigenvalue weighted by Gasteiger charge is -2.29. The third-order valence-corrected chi connectivity index (χ3v) is 6.39. The summed E-state index contributed by atoms with van der Waals surface area (Å²) < 4.78 is 10.6. The van der Waals surface area contributed by atoms with Gasteiger partial charge in [-0.3, -0.25) is 9.59 Å². The van der Waals surface area contributed by atoms with Crippen LogP contribution in [0.25, 0.3) is 0 Å². The normalized spacial score (nSPS) is 13.0. The third kappa shape index (κ3) is 13.4. The molecule has 2 aromatic carbocycles. The molecule has 0 heterocycles. The number of hydrogen-bond acceptors (Lipinski definition) is 7. The molecule has 3 amide bonds. The van der Waals surface area contributed by atoms with E-state index in [1.165, 1.54) is 6.08 Å². The van der Waals surface area contributed by atoms with Gasteiger partial charge in [0.25, 0.3) is 0 Å². The van der Waals surface area contributed by atoms with Gasteiger partial charge < -0.3 is 30.5 Å². The Morgan fingerprint density at radius 2 is 1.49 bits per heavy atom. The average molecular weight is 594 g/mol. The second kappa shape index (κ2) is 18.2. The van der Waals surface area contributed by atoms with Crippen LogP contribution in [0.15, 0.2) is 86.0 Å². The van der Waals surface area contributed by atoms with Gasteiger partial charge in [-0.15, -0.1) is 13.2 Å². The highest BCUT2D eigenvalue weighted by atomic mass is 16.6. The van der Waals surface area contributed by atoms with Gasteiger partial charge in [0.1, 0.15) is 19.3 Å². The summed E-state index contributed by atoms with van der Waals surface area (Å²) in [6.07, 6.45) is 2.94. The van der Waals surface area contributed by atoms with E-state index in [1.807, 2.05) is 60.7 Å². The molecule has 0 aliphatic heterocycles. The minimum atomic E-state index is -1.03. The number of amides is 3. The van der Waals surface area contributed by atoms with Crippen LogP contribution in [-0.4, -0.2) is 59.8 Å². The van der Waals surface area contributed by atoms with Crippen molar-refractivity contribution in [2.45, 2.75) is 63.8 Å². The molecule has 0 fully saturated rings. The third-order valence-electron chi connectivity index (χ3n) is 6.39. The second-order valence-corrected chi connectivity index (χ2v) is 10.8. The molecule has 2 aromatic rings. The number of carbonyl (C=O) groups excluding carboxylic acids is 4. The molecule has 0 radical (unpaired) electrons. The summed E-state index contributed by atoms with van der Waals surface area (Å²) in [4.78, 5) is 50.9. The molecule has 0 bridgehead atoms. The fraction of sp³-hybridized carbons (Fsp3) is 0.394. The summed E-state index contributed by atoms with van der Waals surface area (Å²) in [5.41, 5.74) is 0.773. The molecule has 3 atom stereocenters. The zero-order valence-electron chi connectivity index (χ0n) is 24.9. The highest BCUT2D eigenvalue weighted by Gasteiger charge is 2.30. The molecule has 4 N–H and O–H groups in total. The van der Waals surface area contributed by atoms with Crippen LogP contribution in [-0.2, 0) is 36.9 Å². The standard InChI is InChI=1S/C33H43N3O7/c1-5-13-26(20-29(38)34-27(21-37)19-24-15-9-7-10-16-24)30(39)36-33(3,4)23-43-31(40)28(14-6-2)35-32(41)42-22-25-17-11-8-12-18-25/h5-12,15-18,26-28,37H,1-2,13-14,19-23H2,3-4H3,(H,34,38)(H,35,41)(H,36,39)/t26-,27+,28-/m1/s1. The number of benzene rings is 2. The van der Waals surface area contributed by atoms with E-state index in [9.17, 15) is 24.3 Å². The van der Waals surface area contributed by atoms with Crippen LogP contribution in [0.4, 0.5) is 4.79 Å². The van der Waals surface area contributed by atoms with Gasteiger partial charge in [0.2, 0.25) is 11.8 Å². The summed E-state index contributed by atoms with van der Waals surface area (Å²) in [6.45, 7) is 10.3. The van der Waals surface area contributed by atoms with Gasteiger partial charge in [-0.1, -0.05) is 72.8 Å². The van der Waals surface area contributed by atoms with E-state index < -0.39 is 41.5 Å². The number of esters is 1. The fourth-order valence-electron chi connectivity index (χ4n) is 4.17. The molecule has 2 rings (SSSR count). The van der Waals surface area contributed by atoms with E-state index in [1.54, 1.807) is 19.9 Å². The Morgan fingerprint density at radius 3 is 2.07 bits per heavy atom. The largest absolute Gasteiger partial charge is 0.462 e. The fourth-order valence-corrected chi connectivity index (χ4v) is 4.17. The van der Waals surface area contributed by atoms with Gasteiger partial charge in [-0.25, -0.2) is 9.59 Å². The Hall–Kier alpha value is -4.44. The Bertz CT molecular complexity index is 1200. The predicted octanol–water partition coefficient (Wildman–Crippen LogP) is 3.60. The van der Waals surface area contributed by atoms with Crippen molar-refractivity contribution in [2.24, 2.45) is 5.92 Å². The summed E-state index contributed by atoms with van der Waals surface area (Å²) in [7, 11) is 0. The van der Waals surface area contributed by atoms with E-state index >= 15 is 0 Å². The summed E-state index contributed by atoms with van der Waals surface area (Å²) in [5.74, 6) is -2.23. The Labute approximate surface area is 253 Å². The monoisotopic (exact) mass is 593 g/mol. The first-order valence-electron chi connectivity index (χ1n) is 14.2. The first-order valence-corrected chi connectivity index (χ1v) is 14.2. The van der Waals surface area contributed by atoms with Gasteiger partial charge in [0, 0.05) is 6.42 Å². The molecule has 10 nitrogen and oxygen atoms in total. The summed E-state index contributed by atoms with van der Waals surface area (Å²) in [6, 6.07) is 17.1. The average Bonchev–Trinajstić information content (AvgIpc) is 2.99. The molecule has 43 heavy (non-hydrogen) atoms. The second-order valence-electron chi connectivity index (χ2n) is 10.8. The van der Waals surface area contributed by atoms with Crippen LogP contribution < -0.4 is 16.0 Å². The molecule has 10 heteroatoms. The van der Waals surface area contributed by atoms with E-state index in [0.717, 1.165) is 11.1 Å². The van der Waals surface area contributed by atoms with Crippen molar-refractivity contribution in [1.29, 1.82) is 0 Å². The lowest BCUT2D eigenvalue weighted by Crippen LogP contribution is -2.51. The number of allylic oxidation sites excluding steroid dienone is 1. The van der Waals surface area contributed by atoms with Crippen LogP contribution in [0.3, 0.4) is 0 Å². The molecule has 0 aliphatic carbocycles. The lowest BCUT2D eigenvalue weighted by atomic mass is 9.97. The zero-order chi connectivity index (χ0) is 31.7. The van der Waals surface area contributed by atoms with Crippen LogP contribution >= 0.6 is 0 Å². The molecule has 0 aromatic heterocycles. The number of nitrogens with one attached hydrogen (secondary N) is 3. The van der Waals surface area contributed by atoms with Crippen molar-refractivity contribution in [3.63, 3.8) is 0 Å². The molecule has 0 unspecified atom stereocenters. The number of aliphatic hydroxyl groups excluding tert-OH is 1. The molecular weight excluding hydrogens is 550 g/mol. The van der Waals surface area contributed by atoms with E-state index in [-0.39, 0.29) is 45.0 Å². The summed E-state index contributed by atoms with van der Waals surface area (Å²) in [5, 5.41) is 17.9. The Balaban J connectivity index is 1.88. The van der Waals surface area contributed by atoms with Crippen molar-refractivity contribution >= 4 is 23.9 Å². The number of hydrogen-bond donors (Lipinski definition) is 4. The number of carbonyl (C=O) groups is 4. The Kier molecular flexibility index (Phi) is 14.7. The van der Waals surface area contributed by atoms with Crippen LogP contribution in [0.5, 0.6) is 0 Å². The minimum absolute atomic E-state index is 0.0408. The molecule has 232 valence electrons. The van der Waals surface area contributed by atoms with E-state index in [2.05, 4.69) is 29.1 Å². The zero-order valence-corrected chi connectivity index (χ0v) is 24.9. The molecule has 0 aliphatic rings. The molecule has 0 saturated heterocycles. The lowest BCUT2D eigenvalue weighted by molar-refractivity contribution is -0.149. The minimum Gasteiger partial charge on any atom is -0.462 e. The molecular formula is C33H43N3O7. The van der Waals surface area contributed by atoms with E-state index in [0.29, 0.717) is 6.42 Å². The van der Waals surface area contributed by atoms with Crippen molar-refractivity contribution < 1.29 is 33.8 Å². The van der Waals surface area contributed by atoms with Crippen LogP contribution in [0.1, 0.15) is 44.2 Å². The molecule has 0 spiro atoms. The quantitative estimate of drug-likeness (QED) is 0.153. The highest BCUT2D eigenvalue weighted by Crippen LogP contribution is 2.14. The first-order chi connectivity index (χ1) is 20.6. The van der Waals surface area contributed by atoms with Crippen molar-refractivity contribution in [3.8, 4) is 0 Å². The van der Waals surface area contributed by atoms with Crippen molar-refractivity contribution in [3.05, 3.63) is 97.1 Å². The number of aliphatic hydroxyl groups is 1. The van der Waals surface area contributed by atoms with Gasteiger partial charge in [0.15, 0.2) is 0 Å². The van der Waals surface area contributed by atoms with Crippen molar-refractivity contribution in [1.82, 2.24) is 16.0 Å². The maximum absolute atomic E-state index is 13.1. The topological polar surface area (TPSA) is 143 Å². The number of rotatable bonds is 18. The Morgan fingerprint density at radius 1 is 0.884 bits per heavy atom. The first kappa shape index (κ1) is 34.8. The van der Waals surface area contributed by atoms with E-state index in [4.69, 9.17) is 9.47 Å². The maximum atomic E-state index is 13.1. The van der Waals surface area contributed by atoms with Gasteiger partial charge >= 0.3 is 12.1 Å². The number of ether oxygens (including phenoxy) is 2. The highest BCUT2D eigenvalue weighted by molar-refractivity contribution is 5.86. The van der Waals surface area contributed by atoms with Crippen LogP contribution in [0.2, 0.25) is 0 Å². The van der Waals surface area contributed by atoms with Gasteiger partial charge in [0.05, 0.1) is 24.1 Å². The predicted molar refractivity (Wildman–Crippen MR) is 164 cm³/mol. The SMILES string of the molecule is C=CC[C@H](CC(=O)N[C@H](CO)Cc1ccccc1)C(=O)NC(C)(C)COC(=O)[C@@H](CC=C)NC(=O)OCc1ccccc1. The van der Waals surface area contributed by atoms with Gasteiger partial charge in [-0.2, -0.15) is 0 Å². The summed E-state index contributed by atoms with van der Waals surface area (Å²) >= 11 is 0. The maximum Gasteiger partial charge on any atom is 0.408 e. The van der Waals surface area contributed by atoms with Gasteiger partial charge in [-0.05, 0) is 44.2 Å².